The van der Waals surface area contributed by atoms with Gasteiger partial charge in [0.15, 0.2) is 0 Å². The van der Waals surface area contributed by atoms with Crippen molar-refractivity contribution in [2.75, 3.05) is 11.9 Å². The fourth-order valence-corrected chi connectivity index (χ4v) is 1.94. The summed E-state index contributed by atoms with van der Waals surface area (Å²) in [6, 6.07) is 5.72. The van der Waals surface area contributed by atoms with Gasteiger partial charge in [-0.1, -0.05) is 0 Å². The maximum absolute atomic E-state index is 8.94. The van der Waals surface area contributed by atoms with E-state index in [4.69, 9.17) is 10.00 Å². The summed E-state index contributed by atoms with van der Waals surface area (Å²) >= 11 is 0. The van der Waals surface area contributed by atoms with Crippen molar-refractivity contribution in [1.82, 2.24) is 9.97 Å². The smallest absolute Gasteiger partial charge is 0.239 e. The summed E-state index contributed by atoms with van der Waals surface area (Å²) in [6.07, 6.45) is 3.22. The van der Waals surface area contributed by atoms with E-state index >= 15 is 0 Å². The highest BCUT2D eigenvalue weighted by Gasteiger charge is 2.09. The van der Waals surface area contributed by atoms with Crippen LogP contribution in [0.3, 0.4) is 0 Å². The van der Waals surface area contributed by atoms with E-state index in [2.05, 4.69) is 21.4 Å². The Kier molecular flexibility index (Phi) is 4.16. The van der Waals surface area contributed by atoms with Gasteiger partial charge in [0, 0.05) is 6.54 Å². The molecule has 1 aromatic heterocycles. The van der Waals surface area contributed by atoms with Crippen LogP contribution in [0.4, 0.5) is 5.82 Å². The van der Waals surface area contributed by atoms with Crippen LogP contribution in [0.15, 0.2) is 24.5 Å². The second-order valence-electron chi connectivity index (χ2n) is 4.43. The first-order valence-corrected chi connectivity index (χ1v) is 6.39. The summed E-state index contributed by atoms with van der Waals surface area (Å²) in [6.45, 7) is 6.58. The lowest BCUT2D eigenvalue weighted by Crippen LogP contribution is -2.01. The molecule has 0 amide bonds. The molecule has 0 spiro atoms. The molecule has 0 saturated carbocycles. The summed E-state index contributed by atoms with van der Waals surface area (Å²) < 4.78 is 5.80. The molecule has 0 atom stereocenters. The monoisotopic (exact) mass is 268 g/mol. The number of hydrogen-bond acceptors (Lipinski definition) is 5. The fraction of sp³-hybridized carbons (Fsp3) is 0.267. The molecular formula is C15H16N4O. The predicted molar refractivity (Wildman–Crippen MR) is 76.9 cm³/mol. The van der Waals surface area contributed by atoms with Crippen molar-refractivity contribution in [2.45, 2.75) is 20.8 Å². The summed E-state index contributed by atoms with van der Waals surface area (Å²) in [5.41, 5.74) is 2.43. The third-order valence-electron chi connectivity index (χ3n) is 2.77. The second-order valence-corrected chi connectivity index (χ2v) is 4.43. The third-order valence-corrected chi connectivity index (χ3v) is 2.77. The Balaban J connectivity index is 2.31. The van der Waals surface area contributed by atoms with E-state index in [1.54, 1.807) is 24.5 Å². The number of nitriles is 1. The van der Waals surface area contributed by atoms with Crippen LogP contribution in [0.2, 0.25) is 0 Å². The van der Waals surface area contributed by atoms with Gasteiger partial charge < -0.3 is 10.1 Å². The minimum absolute atomic E-state index is 0.430. The van der Waals surface area contributed by atoms with E-state index in [0.29, 0.717) is 23.0 Å². The normalized spacial score (nSPS) is 9.90. The van der Waals surface area contributed by atoms with Crippen molar-refractivity contribution in [1.29, 1.82) is 5.26 Å². The average Bonchev–Trinajstić information content (AvgIpc) is 2.43. The number of nitrogens with zero attached hydrogens (tertiary/aromatic N) is 3. The molecule has 5 heteroatoms. The average molecular weight is 268 g/mol. The van der Waals surface area contributed by atoms with Gasteiger partial charge in [-0.25, -0.2) is 0 Å². The van der Waals surface area contributed by atoms with Crippen LogP contribution < -0.4 is 10.1 Å². The quantitative estimate of drug-likeness (QED) is 0.922. The highest BCUT2D eigenvalue weighted by molar-refractivity contribution is 5.48. The van der Waals surface area contributed by atoms with Crippen LogP contribution in [0.5, 0.6) is 11.6 Å². The summed E-state index contributed by atoms with van der Waals surface area (Å²) in [5, 5.41) is 12.0. The van der Waals surface area contributed by atoms with E-state index in [1.165, 1.54) is 0 Å². The van der Waals surface area contributed by atoms with Crippen LogP contribution in [-0.2, 0) is 0 Å². The Morgan fingerprint density at radius 3 is 2.55 bits per heavy atom. The summed E-state index contributed by atoms with van der Waals surface area (Å²) in [5.74, 6) is 1.82. The van der Waals surface area contributed by atoms with Gasteiger partial charge >= 0.3 is 0 Å². The van der Waals surface area contributed by atoms with E-state index in [0.717, 1.165) is 17.7 Å². The van der Waals surface area contributed by atoms with Crippen LogP contribution in [0.1, 0.15) is 23.6 Å². The molecule has 1 aromatic carbocycles. The van der Waals surface area contributed by atoms with Crippen molar-refractivity contribution in [3.05, 3.63) is 41.2 Å². The van der Waals surface area contributed by atoms with Crippen LogP contribution in [-0.4, -0.2) is 16.5 Å². The van der Waals surface area contributed by atoms with Crippen LogP contribution in [0, 0.1) is 25.2 Å². The third kappa shape index (κ3) is 3.04. The zero-order chi connectivity index (χ0) is 14.5. The van der Waals surface area contributed by atoms with Gasteiger partial charge in [-0.3, -0.25) is 4.98 Å². The molecule has 2 rings (SSSR count). The van der Waals surface area contributed by atoms with Gasteiger partial charge in [-0.05, 0) is 44.0 Å². The largest absolute Gasteiger partial charge is 0.437 e. The fourth-order valence-electron chi connectivity index (χ4n) is 1.94. The molecule has 102 valence electrons. The van der Waals surface area contributed by atoms with Gasteiger partial charge in [-0.15, -0.1) is 0 Å². The Morgan fingerprint density at radius 1 is 1.25 bits per heavy atom. The minimum atomic E-state index is 0.430. The molecule has 1 heterocycles. The van der Waals surface area contributed by atoms with Crippen molar-refractivity contribution >= 4 is 5.82 Å². The molecular weight excluding hydrogens is 252 g/mol. The Hall–Kier alpha value is -2.61. The summed E-state index contributed by atoms with van der Waals surface area (Å²) in [7, 11) is 0. The first-order chi connectivity index (χ1) is 9.63. The van der Waals surface area contributed by atoms with Crippen molar-refractivity contribution < 1.29 is 4.74 Å². The number of aryl methyl sites for hydroxylation is 2. The lowest BCUT2D eigenvalue weighted by atomic mass is 10.1. The molecule has 1 N–H and O–H groups in total. The first kappa shape index (κ1) is 13.8. The number of anilines is 1. The second kappa shape index (κ2) is 6.02. The molecule has 5 nitrogen and oxygen atoms in total. The Bertz CT molecular complexity index is 638. The Morgan fingerprint density at radius 2 is 1.95 bits per heavy atom. The number of nitrogens with one attached hydrogen (secondary N) is 1. The number of benzene rings is 1. The van der Waals surface area contributed by atoms with Gasteiger partial charge in [0.05, 0.1) is 24.0 Å². The maximum Gasteiger partial charge on any atom is 0.239 e. The standard InChI is InChI=1S/C15H16N4O/c1-4-18-13-8-17-9-14(19-13)20-15-10(2)5-12(7-16)6-11(15)3/h5-6,8-9H,4H2,1-3H3,(H,18,19). The lowest BCUT2D eigenvalue weighted by Gasteiger charge is -2.12. The zero-order valence-corrected chi connectivity index (χ0v) is 11.8. The molecule has 0 aliphatic carbocycles. The van der Waals surface area contributed by atoms with E-state index < -0.39 is 0 Å². The van der Waals surface area contributed by atoms with E-state index in [9.17, 15) is 0 Å². The lowest BCUT2D eigenvalue weighted by molar-refractivity contribution is 0.454. The van der Waals surface area contributed by atoms with Crippen LogP contribution in [0.25, 0.3) is 0 Å². The first-order valence-electron chi connectivity index (χ1n) is 6.39. The molecule has 0 radical (unpaired) electrons. The topological polar surface area (TPSA) is 70.8 Å². The van der Waals surface area contributed by atoms with Crippen molar-refractivity contribution in [3.8, 4) is 17.7 Å². The SMILES string of the molecule is CCNc1cncc(Oc2c(C)cc(C#N)cc2C)n1. The predicted octanol–water partition coefficient (Wildman–Crippen LogP) is 3.19. The molecule has 0 unspecified atom stereocenters. The molecule has 0 aliphatic rings. The number of ether oxygens (including phenoxy) is 1. The van der Waals surface area contributed by atoms with Gasteiger partial charge in [-0.2, -0.15) is 10.2 Å². The van der Waals surface area contributed by atoms with Crippen molar-refractivity contribution in [2.24, 2.45) is 0 Å². The van der Waals surface area contributed by atoms with Crippen molar-refractivity contribution in [3.63, 3.8) is 0 Å². The molecule has 2 aromatic rings. The maximum atomic E-state index is 8.94. The van der Waals surface area contributed by atoms with Gasteiger partial charge in [0.2, 0.25) is 5.88 Å². The zero-order valence-electron chi connectivity index (χ0n) is 11.8. The van der Waals surface area contributed by atoms with Crippen LogP contribution >= 0.6 is 0 Å². The molecule has 0 fully saturated rings. The highest BCUT2D eigenvalue weighted by atomic mass is 16.5. The Labute approximate surface area is 118 Å². The number of hydrogen-bond donors (Lipinski definition) is 1. The highest BCUT2D eigenvalue weighted by Crippen LogP contribution is 2.28. The molecule has 0 saturated heterocycles. The van der Waals surface area contributed by atoms with E-state index in [1.807, 2.05) is 20.8 Å². The van der Waals surface area contributed by atoms with Gasteiger partial charge in [0.1, 0.15) is 11.6 Å². The molecule has 0 aliphatic heterocycles. The molecule has 20 heavy (non-hydrogen) atoms. The number of rotatable bonds is 4. The summed E-state index contributed by atoms with van der Waals surface area (Å²) in [4.78, 5) is 8.41. The van der Waals surface area contributed by atoms with Gasteiger partial charge in [0.25, 0.3) is 0 Å². The number of aromatic nitrogens is 2. The molecule has 0 bridgehead atoms. The van der Waals surface area contributed by atoms with E-state index in [-0.39, 0.29) is 0 Å². The minimum Gasteiger partial charge on any atom is -0.437 e.